The Labute approximate surface area is 175 Å². The van der Waals surface area contributed by atoms with Gasteiger partial charge in [-0.2, -0.15) is 0 Å². The Morgan fingerprint density at radius 2 is 1.80 bits per heavy atom. The van der Waals surface area contributed by atoms with Crippen LogP contribution >= 0.6 is 0 Å². The number of benzene rings is 2. The standard InChI is InChI=1S/C24H25NO5/c1-3-14-29-17-11-9-16(10-12-17)21-20-22(26)18-7-4-5-8-19(18)30-23(20)24(27)25(21)13-6-15-28-2/h4-5,7-12,21H,3,6,13-15H2,1-2H3/t21-/m1/s1. The molecular weight excluding hydrogens is 382 g/mol. The molecule has 156 valence electrons. The first kappa shape index (κ1) is 20.2. The molecule has 0 unspecified atom stereocenters. The molecule has 1 aliphatic rings. The summed E-state index contributed by atoms with van der Waals surface area (Å²) >= 11 is 0. The Morgan fingerprint density at radius 1 is 1.03 bits per heavy atom. The summed E-state index contributed by atoms with van der Waals surface area (Å²) in [5, 5.41) is 0.482. The maximum atomic E-state index is 13.3. The molecule has 0 saturated carbocycles. The number of hydrogen-bond acceptors (Lipinski definition) is 5. The maximum absolute atomic E-state index is 13.3. The normalized spacial score (nSPS) is 15.6. The zero-order chi connectivity index (χ0) is 21.1. The Hall–Kier alpha value is -3.12. The van der Waals surface area contributed by atoms with E-state index in [1.54, 1.807) is 36.3 Å². The Kier molecular flexibility index (Phi) is 5.86. The van der Waals surface area contributed by atoms with Gasteiger partial charge >= 0.3 is 0 Å². The fraction of sp³-hybridized carbons (Fsp3) is 0.333. The minimum absolute atomic E-state index is 0.132. The molecule has 2 aromatic carbocycles. The Balaban J connectivity index is 1.80. The number of amides is 1. The average molecular weight is 407 g/mol. The smallest absolute Gasteiger partial charge is 0.290 e. The van der Waals surface area contributed by atoms with Crippen molar-refractivity contribution in [2.24, 2.45) is 0 Å². The third-order valence-electron chi connectivity index (χ3n) is 5.29. The highest BCUT2D eigenvalue weighted by molar-refractivity contribution is 5.99. The Bertz CT molecular complexity index is 1100. The summed E-state index contributed by atoms with van der Waals surface area (Å²) in [4.78, 5) is 28.3. The third-order valence-corrected chi connectivity index (χ3v) is 5.29. The van der Waals surface area contributed by atoms with Crippen molar-refractivity contribution in [1.82, 2.24) is 4.90 Å². The van der Waals surface area contributed by atoms with Crippen LogP contribution in [-0.4, -0.2) is 37.7 Å². The lowest BCUT2D eigenvalue weighted by Gasteiger charge is -2.25. The second-order valence-electron chi connectivity index (χ2n) is 7.34. The molecule has 0 radical (unpaired) electrons. The molecule has 1 amide bonds. The van der Waals surface area contributed by atoms with Crippen molar-refractivity contribution in [3.8, 4) is 5.75 Å². The predicted molar refractivity (Wildman–Crippen MR) is 114 cm³/mol. The Morgan fingerprint density at radius 3 is 2.53 bits per heavy atom. The van der Waals surface area contributed by atoms with Crippen LogP contribution in [0.5, 0.6) is 5.75 Å². The van der Waals surface area contributed by atoms with E-state index in [0.717, 1.165) is 17.7 Å². The van der Waals surface area contributed by atoms with Crippen LogP contribution in [0.3, 0.4) is 0 Å². The number of rotatable bonds is 8. The van der Waals surface area contributed by atoms with Crippen LogP contribution < -0.4 is 10.2 Å². The summed E-state index contributed by atoms with van der Waals surface area (Å²) in [6.45, 7) is 3.69. The van der Waals surface area contributed by atoms with Gasteiger partial charge in [0.25, 0.3) is 5.91 Å². The van der Waals surface area contributed by atoms with Crippen molar-refractivity contribution < 1.29 is 18.7 Å². The van der Waals surface area contributed by atoms with Crippen LogP contribution in [0.25, 0.3) is 11.0 Å². The van der Waals surface area contributed by atoms with Crippen LogP contribution in [-0.2, 0) is 4.74 Å². The SMILES string of the molecule is CCCOc1ccc([C@@H]2c3c(oc4ccccc4c3=O)C(=O)N2CCCOC)cc1. The van der Waals surface area contributed by atoms with Crippen molar-refractivity contribution in [1.29, 1.82) is 0 Å². The monoisotopic (exact) mass is 407 g/mol. The fourth-order valence-electron chi connectivity index (χ4n) is 3.89. The topological polar surface area (TPSA) is 69.0 Å². The highest BCUT2D eigenvalue weighted by atomic mass is 16.5. The number of carbonyl (C=O) groups is 1. The van der Waals surface area contributed by atoms with Crippen LogP contribution in [0.4, 0.5) is 0 Å². The van der Waals surface area contributed by atoms with Gasteiger partial charge in [-0.3, -0.25) is 9.59 Å². The third kappa shape index (κ3) is 3.59. The van der Waals surface area contributed by atoms with E-state index in [2.05, 4.69) is 6.92 Å². The van der Waals surface area contributed by atoms with Gasteiger partial charge in [0.1, 0.15) is 11.3 Å². The highest BCUT2D eigenvalue weighted by Gasteiger charge is 2.42. The first-order valence-corrected chi connectivity index (χ1v) is 10.2. The molecule has 0 spiro atoms. The minimum atomic E-state index is -0.495. The highest BCUT2D eigenvalue weighted by Crippen LogP contribution is 2.38. The lowest BCUT2D eigenvalue weighted by atomic mass is 9.98. The summed E-state index contributed by atoms with van der Waals surface area (Å²) < 4.78 is 16.7. The molecule has 3 aromatic rings. The molecule has 6 nitrogen and oxygen atoms in total. The molecule has 6 heteroatoms. The van der Waals surface area contributed by atoms with Crippen LogP contribution in [0.2, 0.25) is 0 Å². The molecule has 0 bridgehead atoms. The quantitative estimate of drug-likeness (QED) is 0.525. The van der Waals surface area contributed by atoms with Gasteiger partial charge in [-0.05, 0) is 42.7 Å². The second-order valence-corrected chi connectivity index (χ2v) is 7.34. The van der Waals surface area contributed by atoms with Gasteiger partial charge in [-0.1, -0.05) is 31.2 Å². The molecule has 0 N–H and O–H groups in total. The number of hydrogen-bond donors (Lipinski definition) is 0. The van der Waals surface area contributed by atoms with Gasteiger partial charge in [-0.25, -0.2) is 0 Å². The number of methoxy groups -OCH3 is 1. The van der Waals surface area contributed by atoms with Crippen LogP contribution in [0.1, 0.15) is 47.5 Å². The number of nitrogens with zero attached hydrogens (tertiary/aromatic N) is 1. The van der Waals surface area contributed by atoms with E-state index in [4.69, 9.17) is 13.9 Å². The molecular formula is C24H25NO5. The van der Waals surface area contributed by atoms with Gasteiger partial charge in [0.05, 0.1) is 23.6 Å². The molecule has 0 saturated heterocycles. The summed E-state index contributed by atoms with van der Waals surface area (Å²) in [7, 11) is 1.63. The van der Waals surface area contributed by atoms with Gasteiger partial charge in [0.2, 0.25) is 5.76 Å². The van der Waals surface area contributed by atoms with Crippen molar-refractivity contribution in [3.63, 3.8) is 0 Å². The molecule has 0 aliphatic carbocycles. The van der Waals surface area contributed by atoms with E-state index < -0.39 is 6.04 Å². The molecule has 1 aromatic heterocycles. The summed E-state index contributed by atoms with van der Waals surface area (Å²) in [5.41, 5.74) is 1.52. The lowest BCUT2D eigenvalue weighted by molar-refractivity contribution is 0.0708. The van der Waals surface area contributed by atoms with Crippen molar-refractivity contribution in [3.05, 3.63) is 75.6 Å². The van der Waals surface area contributed by atoms with Crippen molar-refractivity contribution in [2.45, 2.75) is 25.8 Å². The molecule has 4 rings (SSSR count). The van der Waals surface area contributed by atoms with E-state index >= 15 is 0 Å². The number of para-hydroxylation sites is 1. The fourth-order valence-corrected chi connectivity index (χ4v) is 3.89. The summed E-state index contributed by atoms with van der Waals surface area (Å²) in [6.07, 6.45) is 1.59. The number of ether oxygens (including phenoxy) is 2. The molecule has 2 heterocycles. The van der Waals surface area contributed by atoms with Crippen LogP contribution in [0.15, 0.2) is 57.7 Å². The zero-order valence-corrected chi connectivity index (χ0v) is 17.2. The van der Waals surface area contributed by atoms with E-state index in [-0.39, 0.29) is 17.1 Å². The molecule has 1 atom stereocenters. The lowest BCUT2D eigenvalue weighted by Crippen LogP contribution is -2.31. The number of carbonyl (C=O) groups excluding carboxylic acids is 1. The summed E-state index contributed by atoms with van der Waals surface area (Å²) in [6, 6.07) is 14.1. The van der Waals surface area contributed by atoms with Gasteiger partial charge < -0.3 is 18.8 Å². The first-order valence-electron chi connectivity index (χ1n) is 10.2. The molecule has 0 fully saturated rings. The van der Waals surface area contributed by atoms with E-state index in [1.165, 1.54) is 0 Å². The summed E-state index contributed by atoms with van der Waals surface area (Å²) in [5.74, 6) is 0.634. The number of fused-ring (bicyclic) bond motifs is 2. The van der Waals surface area contributed by atoms with Gasteiger partial charge in [0.15, 0.2) is 5.43 Å². The predicted octanol–water partition coefficient (Wildman–Crippen LogP) is 4.16. The molecule has 30 heavy (non-hydrogen) atoms. The largest absolute Gasteiger partial charge is 0.494 e. The van der Waals surface area contributed by atoms with Crippen molar-refractivity contribution >= 4 is 16.9 Å². The second kappa shape index (κ2) is 8.71. The maximum Gasteiger partial charge on any atom is 0.290 e. The minimum Gasteiger partial charge on any atom is -0.494 e. The van der Waals surface area contributed by atoms with E-state index in [1.807, 2.05) is 24.3 Å². The van der Waals surface area contributed by atoms with Gasteiger partial charge in [-0.15, -0.1) is 0 Å². The molecule has 1 aliphatic heterocycles. The van der Waals surface area contributed by atoms with Crippen LogP contribution in [0, 0.1) is 0 Å². The van der Waals surface area contributed by atoms with E-state index in [0.29, 0.717) is 42.7 Å². The van der Waals surface area contributed by atoms with Gasteiger partial charge in [0, 0.05) is 20.3 Å². The zero-order valence-electron chi connectivity index (χ0n) is 17.2. The van der Waals surface area contributed by atoms with E-state index in [9.17, 15) is 9.59 Å². The average Bonchev–Trinajstić information content (AvgIpc) is 3.05. The van der Waals surface area contributed by atoms with Crippen molar-refractivity contribution in [2.75, 3.05) is 26.9 Å². The first-order chi connectivity index (χ1) is 14.7.